The van der Waals surface area contributed by atoms with Crippen molar-refractivity contribution in [2.24, 2.45) is 0 Å². The van der Waals surface area contributed by atoms with Gasteiger partial charge in [-0.2, -0.15) is 0 Å². The molecule has 0 aromatic heterocycles. The third-order valence-electron chi connectivity index (χ3n) is 3.34. The Hall–Kier alpha value is -2.00. The molecule has 0 aliphatic carbocycles. The van der Waals surface area contributed by atoms with E-state index in [1.165, 1.54) is 5.56 Å². The number of nitrogens with one attached hydrogen (secondary N) is 1. The Balaban J connectivity index is 1.94. The van der Waals surface area contributed by atoms with Crippen LogP contribution in [-0.4, -0.2) is 6.61 Å². The molecule has 1 unspecified atom stereocenters. The molecule has 0 amide bonds. The molecular formula is C17H22N2O. The molecule has 0 saturated heterocycles. The van der Waals surface area contributed by atoms with Crippen LogP contribution >= 0.6 is 0 Å². The second-order valence-corrected chi connectivity index (χ2v) is 4.80. The first-order chi connectivity index (χ1) is 9.70. The molecule has 2 aromatic rings. The zero-order valence-corrected chi connectivity index (χ0v) is 12.1. The third kappa shape index (κ3) is 3.75. The normalized spacial score (nSPS) is 12.1. The lowest BCUT2D eigenvalue weighted by Gasteiger charge is -2.15. The molecule has 3 N–H and O–H groups in total. The molecular weight excluding hydrogens is 248 g/mol. The molecule has 20 heavy (non-hydrogen) atoms. The first-order valence-electron chi connectivity index (χ1n) is 7.00. The van der Waals surface area contributed by atoms with E-state index in [4.69, 9.17) is 10.5 Å². The lowest BCUT2D eigenvalue weighted by atomic mass is 10.1. The van der Waals surface area contributed by atoms with Crippen LogP contribution in [0.2, 0.25) is 0 Å². The number of nitrogen functional groups attached to an aromatic ring is 1. The number of nitrogens with two attached hydrogens (primary N) is 1. The molecule has 3 heteroatoms. The van der Waals surface area contributed by atoms with E-state index < -0.39 is 0 Å². The summed E-state index contributed by atoms with van der Waals surface area (Å²) in [7, 11) is 0. The molecule has 0 aliphatic heterocycles. The quantitative estimate of drug-likeness (QED) is 0.790. The molecule has 0 radical (unpaired) electrons. The van der Waals surface area contributed by atoms with Crippen LogP contribution in [0.25, 0.3) is 0 Å². The van der Waals surface area contributed by atoms with Gasteiger partial charge in [0.2, 0.25) is 0 Å². The van der Waals surface area contributed by atoms with Gasteiger partial charge in [0.05, 0.1) is 6.61 Å². The van der Waals surface area contributed by atoms with Crippen molar-refractivity contribution in [2.75, 3.05) is 12.3 Å². The fourth-order valence-corrected chi connectivity index (χ4v) is 2.10. The fourth-order valence-electron chi connectivity index (χ4n) is 2.10. The van der Waals surface area contributed by atoms with Crippen molar-refractivity contribution in [3.05, 3.63) is 59.7 Å². The summed E-state index contributed by atoms with van der Waals surface area (Å²) in [6.07, 6.45) is 0. The first-order valence-corrected chi connectivity index (χ1v) is 7.00. The molecule has 106 valence electrons. The van der Waals surface area contributed by atoms with E-state index >= 15 is 0 Å². The molecule has 0 fully saturated rings. The van der Waals surface area contributed by atoms with E-state index in [0.29, 0.717) is 6.61 Å². The maximum Gasteiger partial charge on any atom is 0.119 e. The summed E-state index contributed by atoms with van der Waals surface area (Å²) in [4.78, 5) is 0. The summed E-state index contributed by atoms with van der Waals surface area (Å²) in [6.45, 7) is 5.60. The summed E-state index contributed by atoms with van der Waals surface area (Å²) in [5.41, 5.74) is 9.14. The predicted octanol–water partition coefficient (Wildman–Crippen LogP) is 3.52. The minimum Gasteiger partial charge on any atom is -0.494 e. The molecule has 0 heterocycles. The van der Waals surface area contributed by atoms with Crippen LogP contribution in [0.5, 0.6) is 5.75 Å². The zero-order valence-electron chi connectivity index (χ0n) is 12.1. The van der Waals surface area contributed by atoms with Gasteiger partial charge >= 0.3 is 0 Å². The van der Waals surface area contributed by atoms with Gasteiger partial charge in [-0.15, -0.1) is 0 Å². The standard InChI is InChI=1S/C17H22N2O/c1-3-20-16-10-8-14(9-11-16)13(2)19-12-15-6-4-5-7-17(15)18/h4-11,13,19H,3,12,18H2,1-2H3. The summed E-state index contributed by atoms with van der Waals surface area (Å²) in [6, 6.07) is 16.4. The van der Waals surface area contributed by atoms with Gasteiger partial charge in [0, 0.05) is 18.3 Å². The van der Waals surface area contributed by atoms with E-state index in [1.54, 1.807) is 0 Å². The molecule has 2 rings (SSSR count). The van der Waals surface area contributed by atoms with Gasteiger partial charge in [-0.3, -0.25) is 0 Å². The van der Waals surface area contributed by atoms with Crippen LogP contribution in [0.3, 0.4) is 0 Å². The van der Waals surface area contributed by atoms with E-state index in [2.05, 4.69) is 24.4 Å². The zero-order chi connectivity index (χ0) is 14.4. The highest BCUT2D eigenvalue weighted by atomic mass is 16.5. The van der Waals surface area contributed by atoms with E-state index in [-0.39, 0.29) is 6.04 Å². The summed E-state index contributed by atoms with van der Waals surface area (Å²) in [5, 5.41) is 3.49. The van der Waals surface area contributed by atoms with Crippen LogP contribution in [0, 0.1) is 0 Å². The Morgan fingerprint density at radius 2 is 1.80 bits per heavy atom. The predicted molar refractivity (Wildman–Crippen MR) is 83.7 cm³/mol. The third-order valence-corrected chi connectivity index (χ3v) is 3.34. The van der Waals surface area contributed by atoms with E-state index in [9.17, 15) is 0 Å². The van der Waals surface area contributed by atoms with Crippen molar-refractivity contribution in [3.8, 4) is 5.75 Å². The highest BCUT2D eigenvalue weighted by Crippen LogP contribution is 2.19. The van der Waals surface area contributed by atoms with Crippen molar-refractivity contribution in [2.45, 2.75) is 26.4 Å². The van der Waals surface area contributed by atoms with Crippen LogP contribution < -0.4 is 15.8 Å². The van der Waals surface area contributed by atoms with Gasteiger partial charge in [0.15, 0.2) is 0 Å². The Labute approximate surface area is 120 Å². The Kier molecular flexibility index (Phi) is 5.02. The van der Waals surface area contributed by atoms with Gasteiger partial charge in [0.1, 0.15) is 5.75 Å². The average Bonchev–Trinajstić information content (AvgIpc) is 2.47. The number of rotatable bonds is 6. The van der Waals surface area contributed by atoms with Gasteiger partial charge in [-0.1, -0.05) is 30.3 Å². The molecule has 1 atom stereocenters. The van der Waals surface area contributed by atoms with Gasteiger partial charge in [-0.25, -0.2) is 0 Å². The largest absolute Gasteiger partial charge is 0.494 e. The van der Waals surface area contributed by atoms with Crippen LogP contribution in [0.1, 0.15) is 31.0 Å². The van der Waals surface area contributed by atoms with Gasteiger partial charge < -0.3 is 15.8 Å². The number of hydrogen-bond donors (Lipinski definition) is 2. The average molecular weight is 270 g/mol. The van der Waals surface area contributed by atoms with Crippen molar-refractivity contribution in [1.29, 1.82) is 0 Å². The number of hydrogen-bond acceptors (Lipinski definition) is 3. The monoisotopic (exact) mass is 270 g/mol. The second-order valence-electron chi connectivity index (χ2n) is 4.80. The highest BCUT2D eigenvalue weighted by molar-refractivity contribution is 5.46. The second kappa shape index (κ2) is 6.96. The lowest BCUT2D eigenvalue weighted by Crippen LogP contribution is -2.18. The van der Waals surface area contributed by atoms with Crippen molar-refractivity contribution in [3.63, 3.8) is 0 Å². The number of benzene rings is 2. The van der Waals surface area contributed by atoms with Crippen LogP contribution in [0.15, 0.2) is 48.5 Å². The van der Waals surface area contributed by atoms with Gasteiger partial charge in [0.25, 0.3) is 0 Å². The Bertz CT molecular complexity index is 537. The SMILES string of the molecule is CCOc1ccc(C(C)NCc2ccccc2N)cc1. The topological polar surface area (TPSA) is 47.3 Å². The van der Waals surface area contributed by atoms with Gasteiger partial charge in [-0.05, 0) is 43.2 Å². The van der Waals surface area contributed by atoms with Crippen LogP contribution in [0.4, 0.5) is 5.69 Å². The van der Waals surface area contributed by atoms with Crippen LogP contribution in [-0.2, 0) is 6.54 Å². The van der Waals surface area contributed by atoms with Crippen molar-refractivity contribution < 1.29 is 4.74 Å². The lowest BCUT2D eigenvalue weighted by molar-refractivity contribution is 0.340. The number of ether oxygens (including phenoxy) is 1. The number of para-hydroxylation sites is 1. The summed E-state index contributed by atoms with van der Waals surface area (Å²) in [5.74, 6) is 0.913. The Morgan fingerprint density at radius 1 is 1.10 bits per heavy atom. The number of anilines is 1. The molecule has 0 spiro atoms. The molecule has 2 aromatic carbocycles. The maximum atomic E-state index is 5.94. The Morgan fingerprint density at radius 3 is 2.45 bits per heavy atom. The fraction of sp³-hybridized carbons (Fsp3) is 0.294. The summed E-state index contributed by atoms with van der Waals surface area (Å²) < 4.78 is 5.45. The highest BCUT2D eigenvalue weighted by Gasteiger charge is 2.06. The first kappa shape index (κ1) is 14.4. The van der Waals surface area contributed by atoms with E-state index in [1.807, 2.05) is 43.3 Å². The molecule has 0 saturated carbocycles. The van der Waals surface area contributed by atoms with E-state index in [0.717, 1.165) is 23.5 Å². The minimum absolute atomic E-state index is 0.269. The molecule has 0 aliphatic rings. The maximum absolute atomic E-state index is 5.94. The van der Waals surface area contributed by atoms with Crippen molar-refractivity contribution in [1.82, 2.24) is 5.32 Å². The summed E-state index contributed by atoms with van der Waals surface area (Å²) >= 11 is 0. The smallest absolute Gasteiger partial charge is 0.119 e. The van der Waals surface area contributed by atoms with Crippen molar-refractivity contribution >= 4 is 5.69 Å². The molecule has 0 bridgehead atoms. The minimum atomic E-state index is 0.269. The molecule has 3 nitrogen and oxygen atoms in total.